The van der Waals surface area contributed by atoms with Gasteiger partial charge in [0.1, 0.15) is 11.4 Å². The molecule has 2 amide bonds. The minimum absolute atomic E-state index is 0.0849. The van der Waals surface area contributed by atoms with Crippen LogP contribution in [-0.4, -0.2) is 63.0 Å². The van der Waals surface area contributed by atoms with E-state index in [1.807, 2.05) is 24.3 Å². The molecule has 2 heterocycles. The third kappa shape index (κ3) is 6.74. The molecule has 1 aromatic heterocycles. The largest absolute Gasteiger partial charge is 0.497 e. The lowest BCUT2D eigenvalue weighted by Gasteiger charge is -2.27. The van der Waals surface area contributed by atoms with Gasteiger partial charge in [0.05, 0.1) is 26.4 Å². The summed E-state index contributed by atoms with van der Waals surface area (Å²) in [6, 6.07) is 10.7. The second-order valence-corrected chi connectivity index (χ2v) is 7.59. The highest BCUT2D eigenvalue weighted by Gasteiger charge is 2.19. The van der Waals surface area contributed by atoms with Crippen molar-refractivity contribution in [3.63, 3.8) is 0 Å². The van der Waals surface area contributed by atoms with Gasteiger partial charge in [0.2, 0.25) is 0 Å². The predicted octanol–water partition coefficient (Wildman–Crippen LogP) is 1.25. The quantitative estimate of drug-likeness (QED) is 0.499. The maximum absolute atomic E-state index is 12.7. The Bertz CT molecular complexity index is 928. The smallest absolute Gasteiger partial charge is 0.269 e. The normalized spacial score (nSPS) is 18.1. The van der Waals surface area contributed by atoms with Crippen molar-refractivity contribution in [2.75, 3.05) is 33.9 Å². The number of nitrogens with two attached hydrogens (primary N) is 1. The lowest BCUT2D eigenvalue weighted by Crippen LogP contribution is -2.41. The van der Waals surface area contributed by atoms with Gasteiger partial charge >= 0.3 is 0 Å². The lowest BCUT2D eigenvalue weighted by molar-refractivity contribution is -0.188. The van der Waals surface area contributed by atoms with Crippen LogP contribution in [0.25, 0.3) is 0 Å². The topological polar surface area (TPSA) is 125 Å². The van der Waals surface area contributed by atoms with E-state index in [0.717, 1.165) is 11.3 Å². The summed E-state index contributed by atoms with van der Waals surface area (Å²) in [6.45, 7) is 1.41. The fraction of sp³-hybridized carbons (Fsp3) is 0.435. The van der Waals surface area contributed by atoms with Crippen LogP contribution in [0.1, 0.15) is 44.9 Å². The molecule has 172 valence electrons. The number of pyridine rings is 1. The highest BCUT2D eigenvalue weighted by atomic mass is 16.7. The van der Waals surface area contributed by atoms with Crippen molar-refractivity contribution in [2.24, 2.45) is 5.73 Å². The molecule has 32 heavy (non-hydrogen) atoms. The van der Waals surface area contributed by atoms with E-state index in [0.29, 0.717) is 50.3 Å². The Hall–Kier alpha value is -3.01. The van der Waals surface area contributed by atoms with E-state index in [4.69, 9.17) is 19.9 Å². The van der Waals surface area contributed by atoms with Gasteiger partial charge in [-0.15, -0.1) is 0 Å². The van der Waals surface area contributed by atoms with Crippen LogP contribution in [0, 0.1) is 0 Å². The van der Waals surface area contributed by atoms with Gasteiger partial charge in [-0.1, -0.05) is 12.1 Å². The molecular formula is C23H30N4O5. The number of rotatable bonds is 9. The minimum Gasteiger partial charge on any atom is -0.497 e. The number of hydrogen-bond donors (Lipinski definition) is 3. The average molecular weight is 443 g/mol. The molecule has 1 fully saturated rings. The van der Waals surface area contributed by atoms with E-state index < -0.39 is 0 Å². The second kappa shape index (κ2) is 11.6. The molecule has 0 unspecified atom stereocenters. The zero-order valence-corrected chi connectivity index (χ0v) is 18.4. The third-order valence-corrected chi connectivity index (χ3v) is 5.01. The molecule has 0 atom stereocenters. The fourth-order valence-corrected chi connectivity index (χ4v) is 3.34. The summed E-state index contributed by atoms with van der Waals surface area (Å²) in [4.78, 5) is 29.4. The summed E-state index contributed by atoms with van der Waals surface area (Å²) in [7, 11) is 3.13. The molecular weight excluding hydrogens is 412 g/mol. The molecule has 0 aliphatic carbocycles. The van der Waals surface area contributed by atoms with E-state index in [1.54, 1.807) is 13.2 Å². The van der Waals surface area contributed by atoms with Crippen LogP contribution in [0.4, 0.5) is 0 Å². The Morgan fingerprint density at radius 1 is 1.19 bits per heavy atom. The summed E-state index contributed by atoms with van der Waals surface area (Å²) in [5, 5.41) is 5.45. The van der Waals surface area contributed by atoms with Crippen molar-refractivity contribution in [1.29, 1.82) is 0 Å². The summed E-state index contributed by atoms with van der Waals surface area (Å²) in [5.41, 5.74) is 7.88. The molecule has 3 rings (SSSR count). The van der Waals surface area contributed by atoms with E-state index in [-0.39, 0.29) is 29.8 Å². The Morgan fingerprint density at radius 2 is 1.97 bits per heavy atom. The molecule has 0 bridgehead atoms. The molecule has 4 N–H and O–H groups in total. The van der Waals surface area contributed by atoms with Crippen LogP contribution in [0.5, 0.6) is 5.75 Å². The number of hydrogen-bond acceptors (Lipinski definition) is 7. The zero-order chi connectivity index (χ0) is 22.9. The maximum atomic E-state index is 12.7. The Morgan fingerprint density at radius 3 is 2.69 bits per heavy atom. The number of carbonyl (C=O) groups is 2. The zero-order valence-electron chi connectivity index (χ0n) is 18.4. The van der Waals surface area contributed by atoms with Gasteiger partial charge in [-0.25, -0.2) is 4.98 Å². The van der Waals surface area contributed by atoms with Crippen molar-refractivity contribution in [2.45, 2.75) is 31.6 Å². The van der Waals surface area contributed by atoms with E-state index in [9.17, 15) is 9.59 Å². The first-order valence-corrected chi connectivity index (χ1v) is 10.6. The molecule has 0 spiro atoms. The van der Waals surface area contributed by atoms with Crippen LogP contribution in [0.2, 0.25) is 0 Å². The van der Waals surface area contributed by atoms with Crippen LogP contribution < -0.4 is 21.1 Å². The molecule has 1 aromatic carbocycles. The highest BCUT2D eigenvalue weighted by molar-refractivity contribution is 5.98. The van der Waals surface area contributed by atoms with Crippen molar-refractivity contribution >= 4 is 11.8 Å². The van der Waals surface area contributed by atoms with Gasteiger partial charge in [-0.05, 0) is 36.2 Å². The number of ether oxygens (including phenoxy) is 3. The molecule has 0 radical (unpaired) electrons. The molecule has 9 heteroatoms. The predicted molar refractivity (Wildman–Crippen MR) is 119 cm³/mol. The second-order valence-electron chi connectivity index (χ2n) is 7.59. The Kier molecular flexibility index (Phi) is 8.55. The lowest BCUT2D eigenvalue weighted by atomic mass is 10.1. The first kappa shape index (κ1) is 23.6. The molecule has 1 saturated heterocycles. The van der Waals surface area contributed by atoms with Gasteiger partial charge in [0, 0.05) is 37.7 Å². The summed E-state index contributed by atoms with van der Waals surface area (Å²) in [5.74, 6) is 0.115. The number of nitrogens with zero attached hydrogens (tertiary/aromatic N) is 1. The van der Waals surface area contributed by atoms with Crippen molar-refractivity contribution in [3.05, 3.63) is 58.9 Å². The average Bonchev–Trinajstić information content (AvgIpc) is 2.82. The van der Waals surface area contributed by atoms with Crippen LogP contribution in [0.3, 0.4) is 0 Å². The maximum Gasteiger partial charge on any atom is 0.269 e. The first-order chi connectivity index (χ1) is 15.5. The number of benzene rings is 1. The summed E-state index contributed by atoms with van der Waals surface area (Å²) in [6.07, 6.45) is 1.52. The molecule has 1 aliphatic heterocycles. The molecule has 2 aromatic rings. The Labute approximate surface area is 187 Å². The van der Waals surface area contributed by atoms with Crippen molar-refractivity contribution in [3.8, 4) is 5.75 Å². The molecule has 0 saturated carbocycles. The van der Waals surface area contributed by atoms with Crippen LogP contribution in [-0.2, 0) is 15.9 Å². The number of amides is 2. The van der Waals surface area contributed by atoms with E-state index >= 15 is 0 Å². The third-order valence-electron chi connectivity index (χ3n) is 5.01. The first-order valence-electron chi connectivity index (χ1n) is 10.6. The Balaban J connectivity index is 1.64. The SMILES string of the molecule is CNC(=O)c1cc(C(=O)NCCCC2OCC(N)CO2)cc(Cc2cccc(OC)c2)n1. The summed E-state index contributed by atoms with van der Waals surface area (Å²) < 4.78 is 16.3. The van der Waals surface area contributed by atoms with E-state index in [1.165, 1.54) is 13.1 Å². The van der Waals surface area contributed by atoms with E-state index in [2.05, 4.69) is 15.6 Å². The highest BCUT2D eigenvalue weighted by Crippen LogP contribution is 2.17. The van der Waals surface area contributed by atoms with Crippen LogP contribution >= 0.6 is 0 Å². The van der Waals surface area contributed by atoms with Crippen molar-refractivity contribution in [1.82, 2.24) is 15.6 Å². The molecule has 9 nitrogen and oxygen atoms in total. The monoisotopic (exact) mass is 442 g/mol. The van der Waals surface area contributed by atoms with Crippen molar-refractivity contribution < 1.29 is 23.8 Å². The number of aromatic nitrogens is 1. The van der Waals surface area contributed by atoms with Gasteiger partial charge in [0.15, 0.2) is 6.29 Å². The number of methoxy groups -OCH3 is 1. The number of nitrogens with one attached hydrogen (secondary N) is 2. The molecule has 1 aliphatic rings. The van der Waals surface area contributed by atoms with Gasteiger partial charge in [-0.3, -0.25) is 9.59 Å². The van der Waals surface area contributed by atoms with Crippen LogP contribution in [0.15, 0.2) is 36.4 Å². The van der Waals surface area contributed by atoms with Gasteiger partial charge in [-0.2, -0.15) is 0 Å². The van der Waals surface area contributed by atoms with Gasteiger partial charge < -0.3 is 30.6 Å². The minimum atomic E-state index is -0.351. The number of carbonyl (C=O) groups excluding carboxylic acids is 2. The fourth-order valence-electron chi connectivity index (χ4n) is 3.34. The summed E-state index contributed by atoms with van der Waals surface area (Å²) >= 11 is 0. The van der Waals surface area contributed by atoms with Gasteiger partial charge in [0.25, 0.3) is 11.8 Å². The standard InChI is InChI=1S/C23H30N4O5/c1-25-23(29)20-12-16(11-18(27-20)9-15-5-3-6-19(10-15)30-2)22(28)26-8-4-7-21-31-13-17(24)14-32-21/h3,5-6,10-12,17,21H,4,7-9,13-14,24H2,1-2H3,(H,25,29)(H,26,28).